The van der Waals surface area contributed by atoms with Crippen molar-refractivity contribution in [2.75, 3.05) is 5.73 Å². The molecule has 3 nitrogen and oxygen atoms in total. The van der Waals surface area contributed by atoms with Crippen LogP contribution in [0.1, 0.15) is 5.82 Å². The van der Waals surface area contributed by atoms with Crippen molar-refractivity contribution in [3.8, 4) is 0 Å². The number of aryl methyl sites for hydroxylation is 1. The number of hydrogen-bond acceptors (Lipinski definition) is 3. The Kier molecular flexibility index (Phi) is 1.12. The summed E-state index contributed by atoms with van der Waals surface area (Å²) in [6, 6.07) is 0. The van der Waals surface area contributed by atoms with Gasteiger partial charge in [-0.05, 0) is 6.92 Å². The van der Waals surface area contributed by atoms with Gasteiger partial charge in [0.1, 0.15) is 5.82 Å². The molecule has 0 unspecified atom stereocenters. The van der Waals surface area contributed by atoms with Crippen LogP contribution in [0.2, 0.25) is 0 Å². The van der Waals surface area contributed by atoms with Gasteiger partial charge < -0.3 is 5.73 Å². The first-order valence-corrected chi connectivity index (χ1v) is 2.33. The summed E-state index contributed by atoms with van der Waals surface area (Å²) in [7, 11) is 0. The molecule has 0 aliphatic rings. The minimum absolute atomic E-state index is 0.607. The van der Waals surface area contributed by atoms with Crippen molar-refractivity contribution in [3.05, 3.63) is 18.2 Å². The van der Waals surface area contributed by atoms with Gasteiger partial charge in [0, 0.05) is 0 Å². The molecule has 2 N–H and O–H groups in total. The van der Waals surface area contributed by atoms with Crippen LogP contribution in [0.25, 0.3) is 0 Å². The predicted octanol–water partition coefficient (Wildman–Crippen LogP) is 0.367. The molecule has 0 radical (unpaired) electrons. The highest BCUT2D eigenvalue weighted by molar-refractivity contribution is 5.29. The Morgan fingerprint density at radius 3 is 2.25 bits per heavy atom. The maximum absolute atomic E-state index is 5.30. The van der Waals surface area contributed by atoms with E-state index in [1.54, 1.807) is 12.4 Å². The van der Waals surface area contributed by atoms with Crippen LogP contribution in [0, 0.1) is 6.92 Å². The van der Waals surface area contributed by atoms with Gasteiger partial charge in [-0.15, -0.1) is 0 Å². The molecule has 0 aliphatic carbocycles. The first kappa shape index (κ1) is 5.03. The lowest BCUT2D eigenvalue weighted by Crippen LogP contribution is -1.90. The molecule has 3 heteroatoms. The molecule has 0 bridgehead atoms. The molecule has 0 fully saturated rings. The van der Waals surface area contributed by atoms with E-state index in [1.165, 1.54) is 0 Å². The molecular formula is C5H7N3. The van der Waals surface area contributed by atoms with Gasteiger partial charge in [0.2, 0.25) is 0 Å². The van der Waals surface area contributed by atoms with Crippen molar-refractivity contribution in [1.82, 2.24) is 9.97 Å². The number of aromatic nitrogens is 2. The normalized spacial score (nSPS) is 9.12. The van der Waals surface area contributed by atoms with Crippen LogP contribution in [-0.4, -0.2) is 9.97 Å². The fourth-order valence-corrected chi connectivity index (χ4v) is 0.403. The second kappa shape index (κ2) is 1.78. The van der Waals surface area contributed by atoms with E-state index in [1.807, 2.05) is 6.92 Å². The zero-order chi connectivity index (χ0) is 5.98. The van der Waals surface area contributed by atoms with Gasteiger partial charge >= 0.3 is 0 Å². The lowest BCUT2D eigenvalue weighted by Gasteiger charge is -1.88. The monoisotopic (exact) mass is 109 g/mol. The van der Waals surface area contributed by atoms with Crippen LogP contribution in [0.3, 0.4) is 0 Å². The third-order valence-electron chi connectivity index (χ3n) is 0.801. The number of hydrogen-bond donors (Lipinski definition) is 1. The van der Waals surface area contributed by atoms with Crippen LogP contribution in [0.5, 0.6) is 0 Å². The number of anilines is 1. The van der Waals surface area contributed by atoms with Crippen LogP contribution in [-0.2, 0) is 0 Å². The van der Waals surface area contributed by atoms with Gasteiger partial charge in [0.05, 0.1) is 18.1 Å². The summed E-state index contributed by atoms with van der Waals surface area (Å²) >= 11 is 0. The summed E-state index contributed by atoms with van der Waals surface area (Å²) in [5, 5.41) is 0. The van der Waals surface area contributed by atoms with Crippen LogP contribution in [0.4, 0.5) is 5.69 Å². The van der Waals surface area contributed by atoms with E-state index >= 15 is 0 Å². The Morgan fingerprint density at radius 1 is 1.38 bits per heavy atom. The third kappa shape index (κ3) is 0.932. The van der Waals surface area contributed by atoms with Crippen LogP contribution >= 0.6 is 0 Å². The molecule has 0 aromatic carbocycles. The summed E-state index contributed by atoms with van der Waals surface area (Å²) in [5.41, 5.74) is 5.91. The lowest BCUT2D eigenvalue weighted by atomic mass is 10.5. The fourth-order valence-electron chi connectivity index (χ4n) is 0.403. The summed E-state index contributed by atoms with van der Waals surface area (Å²) in [4.78, 5) is 7.69. The standard InChI is InChI=1S/C5H7N3/c1-4-7-2-5(6)3-8-4/h2-3H,6H2,1H3. The maximum Gasteiger partial charge on any atom is 0.125 e. The van der Waals surface area contributed by atoms with E-state index in [9.17, 15) is 0 Å². The van der Waals surface area contributed by atoms with Crippen molar-refractivity contribution < 1.29 is 0 Å². The number of nitrogen functional groups attached to an aromatic ring is 1. The Balaban J connectivity index is 3.03. The lowest BCUT2D eigenvalue weighted by molar-refractivity contribution is 1.06. The number of rotatable bonds is 0. The summed E-state index contributed by atoms with van der Waals surface area (Å²) in [6.45, 7) is 1.82. The Hall–Kier alpha value is -1.12. The first-order valence-electron chi connectivity index (χ1n) is 2.33. The SMILES string of the molecule is Cc1ncc(N)cn1. The molecule has 8 heavy (non-hydrogen) atoms. The molecule has 1 rings (SSSR count). The summed E-state index contributed by atoms with van der Waals surface area (Å²) in [6.07, 6.45) is 3.17. The molecular weight excluding hydrogens is 102 g/mol. The van der Waals surface area contributed by atoms with Crippen molar-refractivity contribution >= 4 is 5.69 Å². The average molecular weight is 109 g/mol. The average Bonchev–Trinajstić information content (AvgIpc) is 1.77. The van der Waals surface area contributed by atoms with E-state index in [0.29, 0.717) is 5.69 Å². The molecule has 0 atom stereocenters. The van der Waals surface area contributed by atoms with Crippen LogP contribution in [0.15, 0.2) is 12.4 Å². The Bertz CT molecular complexity index is 147. The van der Waals surface area contributed by atoms with Gasteiger partial charge in [0.15, 0.2) is 0 Å². The third-order valence-corrected chi connectivity index (χ3v) is 0.801. The highest BCUT2D eigenvalue weighted by Gasteiger charge is 1.82. The summed E-state index contributed by atoms with van der Waals surface area (Å²) in [5.74, 6) is 0.749. The van der Waals surface area contributed by atoms with Gasteiger partial charge in [-0.1, -0.05) is 0 Å². The second-order valence-corrected chi connectivity index (χ2v) is 1.56. The van der Waals surface area contributed by atoms with Gasteiger partial charge in [-0.25, -0.2) is 9.97 Å². The largest absolute Gasteiger partial charge is 0.396 e. The Labute approximate surface area is 47.6 Å². The quantitative estimate of drug-likeness (QED) is 0.523. The topological polar surface area (TPSA) is 51.8 Å². The van der Waals surface area contributed by atoms with Crippen molar-refractivity contribution in [2.24, 2.45) is 0 Å². The molecule has 0 spiro atoms. The minimum atomic E-state index is 0.607. The molecule has 1 aromatic rings. The fraction of sp³-hybridized carbons (Fsp3) is 0.200. The van der Waals surface area contributed by atoms with Gasteiger partial charge in [-0.2, -0.15) is 0 Å². The highest BCUT2D eigenvalue weighted by Crippen LogP contribution is 1.92. The zero-order valence-electron chi connectivity index (χ0n) is 4.63. The molecule has 0 saturated carbocycles. The van der Waals surface area contributed by atoms with E-state index in [-0.39, 0.29) is 0 Å². The van der Waals surface area contributed by atoms with Crippen molar-refractivity contribution in [2.45, 2.75) is 6.92 Å². The van der Waals surface area contributed by atoms with E-state index in [0.717, 1.165) is 5.82 Å². The smallest absolute Gasteiger partial charge is 0.125 e. The van der Waals surface area contributed by atoms with Crippen molar-refractivity contribution in [1.29, 1.82) is 0 Å². The molecule has 1 heterocycles. The molecule has 42 valence electrons. The van der Waals surface area contributed by atoms with E-state index in [2.05, 4.69) is 9.97 Å². The van der Waals surface area contributed by atoms with E-state index in [4.69, 9.17) is 5.73 Å². The summed E-state index contributed by atoms with van der Waals surface area (Å²) < 4.78 is 0. The van der Waals surface area contributed by atoms with E-state index < -0.39 is 0 Å². The van der Waals surface area contributed by atoms with Crippen LogP contribution < -0.4 is 5.73 Å². The molecule has 0 amide bonds. The predicted molar refractivity (Wildman–Crippen MR) is 31.2 cm³/mol. The van der Waals surface area contributed by atoms with Crippen molar-refractivity contribution in [3.63, 3.8) is 0 Å². The number of nitrogens with two attached hydrogens (primary N) is 1. The zero-order valence-corrected chi connectivity index (χ0v) is 4.63. The first-order chi connectivity index (χ1) is 3.79. The molecule has 1 aromatic heterocycles. The molecule has 0 saturated heterocycles. The number of nitrogens with zero attached hydrogens (tertiary/aromatic N) is 2. The minimum Gasteiger partial charge on any atom is -0.396 e. The highest BCUT2D eigenvalue weighted by atomic mass is 14.9. The second-order valence-electron chi connectivity index (χ2n) is 1.56. The Morgan fingerprint density at radius 2 is 1.88 bits per heavy atom. The van der Waals surface area contributed by atoms with Gasteiger partial charge in [-0.3, -0.25) is 0 Å². The molecule has 0 aliphatic heterocycles. The van der Waals surface area contributed by atoms with Gasteiger partial charge in [0.25, 0.3) is 0 Å². The maximum atomic E-state index is 5.30.